The molecular weight excluding hydrogens is 313 g/mol. The van der Waals surface area contributed by atoms with Crippen LogP contribution < -0.4 is 5.56 Å². The molecule has 0 aliphatic heterocycles. The van der Waals surface area contributed by atoms with Crippen molar-refractivity contribution in [2.45, 2.75) is 13.5 Å². The van der Waals surface area contributed by atoms with Crippen molar-refractivity contribution in [1.82, 2.24) is 14.3 Å². The molecule has 1 aromatic carbocycles. The number of halogens is 1. The lowest BCUT2D eigenvalue weighted by Gasteiger charge is -2.06. The van der Waals surface area contributed by atoms with Crippen molar-refractivity contribution in [3.63, 3.8) is 0 Å². The summed E-state index contributed by atoms with van der Waals surface area (Å²) in [6, 6.07) is 8.51. The van der Waals surface area contributed by atoms with E-state index in [0.717, 1.165) is 15.6 Å². The van der Waals surface area contributed by atoms with Crippen LogP contribution in [-0.2, 0) is 13.6 Å². The van der Waals surface area contributed by atoms with Crippen molar-refractivity contribution >= 4 is 32.5 Å². The molecule has 4 rings (SSSR count). The topological polar surface area (TPSA) is 39.8 Å². The molecule has 0 aliphatic carbocycles. The summed E-state index contributed by atoms with van der Waals surface area (Å²) in [5, 5.41) is 6.14. The zero-order valence-corrected chi connectivity index (χ0v) is 13.5. The third kappa shape index (κ3) is 2.09. The van der Waals surface area contributed by atoms with Gasteiger partial charge in [0.15, 0.2) is 0 Å². The van der Waals surface area contributed by atoms with Gasteiger partial charge in [-0.05, 0) is 19.1 Å². The van der Waals surface area contributed by atoms with Crippen LogP contribution in [0.2, 0.25) is 0 Å². The van der Waals surface area contributed by atoms with E-state index in [1.165, 1.54) is 15.6 Å². The smallest absolute Gasteiger partial charge is 0.291 e. The Morgan fingerprint density at radius 1 is 1.26 bits per heavy atom. The van der Waals surface area contributed by atoms with Gasteiger partial charge in [0.2, 0.25) is 0 Å². The Balaban J connectivity index is 1.93. The van der Waals surface area contributed by atoms with Gasteiger partial charge in [0, 0.05) is 28.3 Å². The lowest BCUT2D eigenvalue weighted by Crippen LogP contribution is -2.24. The van der Waals surface area contributed by atoms with Crippen molar-refractivity contribution < 1.29 is 4.39 Å². The highest BCUT2D eigenvalue weighted by atomic mass is 32.1. The number of thiophene rings is 1. The molecule has 0 radical (unpaired) electrons. The number of aromatic nitrogens is 3. The van der Waals surface area contributed by atoms with Crippen molar-refractivity contribution in [2.24, 2.45) is 7.05 Å². The van der Waals surface area contributed by atoms with Gasteiger partial charge < -0.3 is 4.57 Å². The predicted molar refractivity (Wildman–Crippen MR) is 90.6 cm³/mol. The summed E-state index contributed by atoms with van der Waals surface area (Å²) >= 11 is 1.65. The summed E-state index contributed by atoms with van der Waals surface area (Å²) in [5.74, 6) is -0.329. The molecule has 0 unspecified atom stereocenters. The summed E-state index contributed by atoms with van der Waals surface area (Å²) in [5.41, 5.74) is 0.861. The summed E-state index contributed by atoms with van der Waals surface area (Å²) in [6.07, 6.45) is 1.70. The number of fused-ring (bicyclic) bond motifs is 3. The number of rotatable bonds is 2. The fourth-order valence-corrected chi connectivity index (χ4v) is 3.93. The van der Waals surface area contributed by atoms with Crippen LogP contribution in [0.15, 0.2) is 41.3 Å². The van der Waals surface area contributed by atoms with Crippen LogP contribution in [0.5, 0.6) is 0 Å². The molecule has 0 spiro atoms. The SMILES string of the molecule is Cc1cc2c3cnn(Cc4ccccc4F)c(=O)c3n(C)c2s1. The van der Waals surface area contributed by atoms with Gasteiger partial charge in [-0.15, -0.1) is 11.3 Å². The minimum Gasteiger partial charge on any atom is -0.331 e. The van der Waals surface area contributed by atoms with Gasteiger partial charge in [-0.2, -0.15) is 5.10 Å². The predicted octanol–water partition coefficient (Wildman–Crippen LogP) is 3.45. The van der Waals surface area contributed by atoms with Gasteiger partial charge in [0.1, 0.15) is 16.2 Å². The number of hydrogen-bond acceptors (Lipinski definition) is 3. The van der Waals surface area contributed by atoms with Gasteiger partial charge in [-0.3, -0.25) is 4.79 Å². The lowest BCUT2D eigenvalue weighted by atomic mass is 10.2. The maximum atomic E-state index is 13.8. The second kappa shape index (κ2) is 5.03. The van der Waals surface area contributed by atoms with Crippen LogP contribution in [0, 0.1) is 12.7 Å². The fourth-order valence-electron chi connectivity index (χ4n) is 2.95. The quantitative estimate of drug-likeness (QED) is 0.566. The number of hydrogen-bond donors (Lipinski definition) is 0. The minimum absolute atomic E-state index is 0.124. The molecule has 4 aromatic rings. The third-order valence-electron chi connectivity index (χ3n) is 4.06. The molecule has 3 heterocycles. The van der Waals surface area contributed by atoms with Crippen molar-refractivity contribution in [3.8, 4) is 0 Å². The highest BCUT2D eigenvalue weighted by Gasteiger charge is 2.16. The Labute approximate surface area is 135 Å². The van der Waals surface area contributed by atoms with E-state index in [2.05, 4.69) is 11.2 Å². The molecule has 6 heteroatoms. The van der Waals surface area contributed by atoms with Crippen LogP contribution in [0.25, 0.3) is 21.1 Å². The average Bonchev–Trinajstić information content (AvgIpc) is 3.02. The first-order valence-corrected chi connectivity index (χ1v) is 8.06. The molecule has 0 saturated carbocycles. The lowest BCUT2D eigenvalue weighted by molar-refractivity contribution is 0.574. The van der Waals surface area contributed by atoms with E-state index in [-0.39, 0.29) is 17.9 Å². The van der Waals surface area contributed by atoms with E-state index in [0.29, 0.717) is 11.1 Å². The van der Waals surface area contributed by atoms with E-state index >= 15 is 0 Å². The molecule has 4 nitrogen and oxygen atoms in total. The van der Waals surface area contributed by atoms with Crippen LogP contribution in [0.1, 0.15) is 10.4 Å². The molecule has 0 aliphatic rings. The molecule has 0 amide bonds. The van der Waals surface area contributed by atoms with Gasteiger partial charge in [-0.25, -0.2) is 9.07 Å². The fraction of sp³-hybridized carbons (Fsp3) is 0.176. The Bertz CT molecular complexity index is 1110. The van der Waals surface area contributed by atoms with E-state index in [1.807, 2.05) is 18.5 Å². The Morgan fingerprint density at radius 3 is 2.83 bits per heavy atom. The highest BCUT2D eigenvalue weighted by molar-refractivity contribution is 7.18. The van der Waals surface area contributed by atoms with Crippen LogP contribution in [0.4, 0.5) is 4.39 Å². The van der Waals surface area contributed by atoms with Crippen molar-refractivity contribution in [1.29, 1.82) is 0 Å². The first kappa shape index (κ1) is 14.1. The Kier molecular flexibility index (Phi) is 3.09. The molecule has 116 valence electrons. The zero-order valence-electron chi connectivity index (χ0n) is 12.7. The van der Waals surface area contributed by atoms with E-state index < -0.39 is 0 Å². The monoisotopic (exact) mass is 327 g/mol. The number of benzene rings is 1. The van der Waals surface area contributed by atoms with Crippen LogP contribution >= 0.6 is 11.3 Å². The van der Waals surface area contributed by atoms with Gasteiger partial charge in [-0.1, -0.05) is 18.2 Å². The average molecular weight is 327 g/mol. The summed E-state index contributed by atoms with van der Waals surface area (Å²) in [7, 11) is 1.88. The third-order valence-corrected chi connectivity index (χ3v) is 5.19. The Hall–Kier alpha value is -2.47. The molecule has 23 heavy (non-hydrogen) atoms. The largest absolute Gasteiger partial charge is 0.331 e. The standard InChI is InChI=1S/C17H14FN3OS/c1-10-7-12-13-8-19-21(9-11-5-3-4-6-14(11)18)16(22)15(13)20(2)17(12)23-10/h3-8H,9H2,1-2H3. The van der Waals surface area contributed by atoms with Crippen LogP contribution in [-0.4, -0.2) is 14.3 Å². The van der Waals surface area contributed by atoms with Crippen LogP contribution in [0.3, 0.4) is 0 Å². The van der Waals surface area contributed by atoms with Gasteiger partial charge >= 0.3 is 0 Å². The van der Waals surface area contributed by atoms with Gasteiger partial charge in [0.25, 0.3) is 5.56 Å². The van der Waals surface area contributed by atoms with E-state index in [4.69, 9.17) is 0 Å². The number of aryl methyl sites for hydroxylation is 2. The molecule has 3 aromatic heterocycles. The van der Waals surface area contributed by atoms with Crippen molar-refractivity contribution in [2.75, 3.05) is 0 Å². The zero-order chi connectivity index (χ0) is 16.1. The summed E-state index contributed by atoms with van der Waals surface area (Å²) < 4.78 is 17.0. The van der Waals surface area contributed by atoms with Gasteiger partial charge in [0.05, 0.1) is 12.7 Å². The minimum atomic E-state index is -0.329. The van der Waals surface area contributed by atoms with E-state index in [1.54, 1.807) is 35.7 Å². The maximum Gasteiger partial charge on any atom is 0.291 e. The second-order valence-electron chi connectivity index (χ2n) is 5.60. The molecule has 0 bridgehead atoms. The molecule has 0 fully saturated rings. The maximum absolute atomic E-state index is 13.8. The molecular formula is C17H14FN3OS. The summed E-state index contributed by atoms with van der Waals surface area (Å²) in [6.45, 7) is 2.17. The first-order valence-electron chi connectivity index (χ1n) is 7.24. The molecule has 0 saturated heterocycles. The van der Waals surface area contributed by atoms with Crippen molar-refractivity contribution in [3.05, 3.63) is 63.1 Å². The molecule has 0 N–H and O–H groups in total. The summed E-state index contributed by atoms with van der Waals surface area (Å²) in [4.78, 5) is 15.0. The van der Waals surface area contributed by atoms with E-state index in [9.17, 15) is 9.18 Å². The molecule has 0 atom stereocenters. The Morgan fingerprint density at radius 2 is 2.04 bits per heavy atom. The second-order valence-corrected chi connectivity index (χ2v) is 6.83. The highest BCUT2D eigenvalue weighted by Crippen LogP contribution is 2.32. The normalized spacial score (nSPS) is 11.6. The first-order chi connectivity index (χ1) is 11.1. The number of nitrogens with zero attached hydrogens (tertiary/aromatic N) is 3.